The number of furan rings is 1. The Bertz CT molecular complexity index is 418. The summed E-state index contributed by atoms with van der Waals surface area (Å²) in [6, 6.07) is 6.49. The minimum Gasteiger partial charge on any atom is -0.464 e. The third-order valence-electron chi connectivity index (χ3n) is 2.92. The number of rotatable bonds is 0. The van der Waals surface area contributed by atoms with Crippen LogP contribution in [0.4, 0.5) is 0 Å². The first-order valence-electron chi connectivity index (χ1n) is 5.13. The van der Waals surface area contributed by atoms with Gasteiger partial charge in [0.15, 0.2) is 0 Å². The predicted octanol–water partition coefficient (Wildman–Crippen LogP) is 2.12. The van der Waals surface area contributed by atoms with Crippen molar-refractivity contribution in [3.05, 3.63) is 35.6 Å². The molecule has 72 valence electrons. The molecule has 0 saturated heterocycles. The van der Waals surface area contributed by atoms with Crippen molar-refractivity contribution in [1.29, 1.82) is 0 Å². The van der Waals surface area contributed by atoms with Gasteiger partial charge >= 0.3 is 0 Å². The molecule has 3 rings (SSSR count). The van der Waals surface area contributed by atoms with Gasteiger partial charge in [-0.2, -0.15) is 0 Å². The molecule has 14 heavy (non-hydrogen) atoms. The van der Waals surface area contributed by atoms with Gasteiger partial charge in [0.1, 0.15) is 5.58 Å². The summed E-state index contributed by atoms with van der Waals surface area (Å²) in [7, 11) is 0. The molecule has 0 unspecified atom stereocenters. The van der Waals surface area contributed by atoms with Crippen LogP contribution in [0.15, 0.2) is 28.9 Å². The largest absolute Gasteiger partial charge is 0.464 e. The highest BCUT2D eigenvalue weighted by molar-refractivity contribution is 5.79. The minimum atomic E-state index is 1.02. The summed E-state index contributed by atoms with van der Waals surface area (Å²) in [5.41, 5.74) is 3.94. The van der Waals surface area contributed by atoms with Crippen molar-refractivity contribution in [2.75, 3.05) is 13.1 Å². The number of hydrogen-bond donors (Lipinski definition) is 1. The highest BCUT2D eigenvalue weighted by Crippen LogP contribution is 2.22. The molecular weight excluding hydrogens is 174 g/mol. The maximum Gasteiger partial charge on any atom is 0.134 e. The molecule has 0 aliphatic carbocycles. The standard InChI is InChI=1S/C12H13NO/c1-4-13-5-2-10-8-12-11(3-6-14-12)7-9(1)10/h3,6-8,13H,1-2,4-5H2. The molecule has 2 heteroatoms. The van der Waals surface area contributed by atoms with Gasteiger partial charge in [0, 0.05) is 5.39 Å². The summed E-state index contributed by atoms with van der Waals surface area (Å²) in [5.74, 6) is 0. The fraction of sp³-hybridized carbons (Fsp3) is 0.333. The van der Waals surface area contributed by atoms with Gasteiger partial charge in [0.2, 0.25) is 0 Å². The van der Waals surface area contributed by atoms with Gasteiger partial charge in [0.25, 0.3) is 0 Å². The quantitative estimate of drug-likeness (QED) is 0.683. The van der Waals surface area contributed by atoms with E-state index in [1.165, 1.54) is 16.5 Å². The SMILES string of the molecule is c1cc2cc3c(cc2o1)CCNCC3. The maximum atomic E-state index is 5.40. The molecule has 2 aromatic rings. The van der Waals surface area contributed by atoms with Crippen LogP contribution < -0.4 is 5.32 Å². The summed E-state index contributed by atoms with van der Waals surface area (Å²) in [4.78, 5) is 0. The molecule has 1 N–H and O–H groups in total. The van der Waals surface area contributed by atoms with Crippen molar-refractivity contribution in [3.63, 3.8) is 0 Å². The zero-order chi connectivity index (χ0) is 9.38. The van der Waals surface area contributed by atoms with Gasteiger partial charge in [-0.3, -0.25) is 0 Å². The van der Waals surface area contributed by atoms with Gasteiger partial charge < -0.3 is 9.73 Å². The molecule has 0 saturated carbocycles. The molecule has 2 heterocycles. The zero-order valence-corrected chi connectivity index (χ0v) is 8.05. The van der Waals surface area contributed by atoms with Crippen LogP contribution in [0, 0.1) is 0 Å². The van der Waals surface area contributed by atoms with E-state index in [0.29, 0.717) is 0 Å². The number of benzene rings is 1. The first-order valence-corrected chi connectivity index (χ1v) is 5.13. The number of nitrogens with one attached hydrogen (secondary N) is 1. The van der Waals surface area contributed by atoms with E-state index in [4.69, 9.17) is 4.42 Å². The molecule has 0 amide bonds. The molecule has 1 aromatic carbocycles. The fourth-order valence-electron chi connectivity index (χ4n) is 2.14. The number of fused-ring (bicyclic) bond motifs is 2. The Hall–Kier alpha value is -1.28. The number of hydrogen-bond acceptors (Lipinski definition) is 2. The van der Waals surface area contributed by atoms with E-state index in [2.05, 4.69) is 17.4 Å². The minimum absolute atomic E-state index is 1.02. The maximum absolute atomic E-state index is 5.40. The van der Waals surface area contributed by atoms with Gasteiger partial charge in [-0.25, -0.2) is 0 Å². The smallest absolute Gasteiger partial charge is 0.134 e. The van der Waals surface area contributed by atoms with Crippen LogP contribution in [0.2, 0.25) is 0 Å². The second-order valence-electron chi connectivity index (χ2n) is 3.83. The molecule has 2 nitrogen and oxygen atoms in total. The topological polar surface area (TPSA) is 25.2 Å². The fourth-order valence-corrected chi connectivity index (χ4v) is 2.14. The Morgan fingerprint density at radius 1 is 1.07 bits per heavy atom. The third kappa shape index (κ3) is 1.23. The summed E-state index contributed by atoms with van der Waals surface area (Å²) in [6.45, 7) is 2.18. The second kappa shape index (κ2) is 3.14. The summed E-state index contributed by atoms with van der Waals surface area (Å²) < 4.78 is 5.40. The lowest BCUT2D eigenvalue weighted by atomic mass is 10.0. The van der Waals surface area contributed by atoms with Crippen LogP contribution in [-0.2, 0) is 12.8 Å². The molecule has 1 aliphatic rings. The average Bonchev–Trinajstić information content (AvgIpc) is 2.51. The molecule has 0 atom stereocenters. The second-order valence-corrected chi connectivity index (χ2v) is 3.83. The predicted molar refractivity (Wildman–Crippen MR) is 56.5 cm³/mol. The third-order valence-corrected chi connectivity index (χ3v) is 2.92. The van der Waals surface area contributed by atoms with E-state index in [0.717, 1.165) is 31.5 Å². The molecule has 1 aromatic heterocycles. The van der Waals surface area contributed by atoms with Crippen molar-refractivity contribution in [2.45, 2.75) is 12.8 Å². The molecule has 1 aliphatic heterocycles. The summed E-state index contributed by atoms with van der Waals surface area (Å²) in [5, 5.41) is 4.64. The monoisotopic (exact) mass is 187 g/mol. The Balaban J connectivity index is 2.19. The zero-order valence-electron chi connectivity index (χ0n) is 8.05. The van der Waals surface area contributed by atoms with E-state index >= 15 is 0 Å². The van der Waals surface area contributed by atoms with Gasteiger partial charge in [-0.05, 0) is 55.3 Å². The lowest BCUT2D eigenvalue weighted by Gasteiger charge is -2.03. The van der Waals surface area contributed by atoms with Crippen molar-refractivity contribution >= 4 is 11.0 Å². The van der Waals surface area contributed by atoms with Gasteiger partial charge in [-0.1, -0.05) is 0 Å². The van der Waals surface area contributed by atoms with Crippen LogP contribution in [0.25, 0.3) is 11.0 Å². The van der Waals surface area contributed by atoms with E-state index in [1.54, 1.807) is 6.26 Å². The Morgan fingerprint density at radius 3 is 2.71 bits per heavy atom. The Labute approximate surface area is 82.9 Å². The van der Waals surface area contributed by atoms with Gasteiger partial charge in [0.05, 0.1) is 6.26 Å². The average molecular weight is 187 g/mol. The van der Waals surface area contributed by atoms with Crippen LogP contribution >= 0.6 is 0 Å². The first kappa shape index (κ1) is 8.06. The van der Waals surface area contributed by atoms with Crippen LogP contribution in [0.1, 0.15) is 11.1 Å². The molecule has 0 spiro atoms. The summed E-state index contributed by atoms with van der Waals surface area (Å²) >= 11 is 0. The van der Waals surface area contributed by atoms with E-state index in [1.807, 2.05) is 6.07 Å². The van der Waals surface area contributed by atoms with E-state index in [9.17, 15) is 0 Å². The highest BCUT2D eigenvalue weighted by Gasteiger charge is 2.09. The van der Waals surface area contributed by atoms with Crippen molar-refractivity contribution in [1.82, 2.24) is 5.32 Å². The highest BCUT2D eigenvalue weighted by atomic mass is 16.3. The molecule has 0 bridgehead atoms. The van der Waals surface area contributed by atoms with Crippen LogP contribution in [0.5, 0.6) is 0 Å². The van der Waals surface area contributed by atoms with Crippen molar-refractivity contribution in [2.24, 2.45) is 0 Å². The Kier molecular flexibility index (Phi) is 1.81. The molecule has 0 radical (unpaired) electrons. The first-order chi connectivity index (χ1) is 6.93. The lowest BCUT2D eigenvalue weighted by molar-refractivity contribution is 0.615. The Morgan fingerprint density at radius 2 is 1.86 bits per heavy atom. The summed E-state index contributed by atoms with van der Waals surface area (Å²) in [6.07, 6.45) is 4.02. The van der Waals surface area contributed by atoms with Crippen LogP contribution in [-0.4, -0.2) is 13.1 Å². The van der Waals surface area contributed by atoms with Crippen molar-refractivity contribution < 1.29 is 4.42 Å². The van der Waals surface area contributed by atoms with Crippen LogP contribution in [0.3, 0.4) is 0 Å². The van der Waals surface area contributed by atoms with E-state index in [-0.39, 0.29) is 0 Å². The normalized spacial score (nSPS) is 16.6. The van der Waals surface area contributed by atoms with Gasteiger partial charge in [-0.15, -0.1) is 0 Å². The molecule has 0 fully saturated rings. The molecular formula is C12H13NO. The van der Waals surface area contributed by atoms with E-state index < -0.39 is 0 Å². The lowest BCUT2D eigenvalue weighted by Crippen LogP contribution is -2.16. The van der Waals surface area contributed by atoms with Crippen molar-refractivity contribution in [3.8, 4) is 0 Å².